The van der Waals surface area contributed by atoms with Crippen LogP contribution in [0.1, 0.15) is 19.8 Å². The maximum Gasteiger partial charge on any atom is 0.293 e. The van der Waals surface area contributed by atoms with Gasteiger partial charge in [0, 0.05) is 12.2 Å². The van der Waals surface area contributed by atoms with Crippen LogP contribution in [-0.4, -0.2) is 11.0 Å². The minimum absolute atomic E-state index is 0.0683. The van der Waals surface area contributed by atoms with Crippen LogP contribution in [0.3, 0.4) is 0 Å². The first-order valence-electron chi connectivity index (χ1n) is 3.12. The Morgan fingerprint density at radius 2 is 2.22 bits per heavy atom. The third kappa shape index (κ3) is 2.12. The summed E-state index contributed by atoms with van der Waals surface area (Å²) in [5, 5.41) is -2.42. The van der Waals surface area contributed by atoms with E-state index in [9.17, 15) is 8.78 Å². The molecule has 0 saturated carbocycles. The molecule has 1 rings (SSSR count). The molecule has 0 aromatic rings. The van der Waals surface area contributed by atoms with Gasteiger partial charge in [-0.1, -0.05) is 18.7 Å². The second-order valence-electron chi connectivity index (χ2n) is 2.59. The van der Waals surface area contributed by atoms with Crippen LogP contribution in [0.25, 0.3) is 0 Å². The zero-order valence-corrected chi connectivity index (χ0v) is 6.18. The van der Waals surface area contributed by atoms with Gasteiger partial charge in [-0.25, -0.2) is 0 Å². The second-order valence-corrected chi connectivity index (χ2v) is 3.81. The number of hydrogen-bond donors (Lipinski definition) is 0. The molecule has 0 spiro atoms. The van der Waals surface area contributed by atoms with E-state index in [0.717, 1.165) is 11.8 Å². The molecule has 0 aliphatic carbocycles. The number of thioether (sulfide) groups is 1. The smallest absolute Gasteiger partial charge is 0.194 e. The molecule has 1 unspecified atom stereocenters. The molecule has 0 radical (unpaired) electrons. The molecule has 1 aliphatic heterocycles. The Balaban J connectivity index is 2.35. The van der Waals surface area contributed by atoms with Crippen molar-refractivity contribution in [2.24, 2.45) is 5.92 Å². The lowest BCUT2D eigenvalue weighted by molar-refractivity contribution is 0.0826. The third-order valence-electron chi connectivity index (χ3n) is 1.51. The topological polar surface area (TPSA) is 0 Å². The van der Waals surface area contributed by atoms with E-state index >= 15 is 0 Å². The molecule has 9 heavy (non-hydrogen) atoms. The van der Waals surface area contributed by atoms with E-state index in [1.165, 1.54) is 0 Å². The van der Waals surface area contributed by atoms with Crippen molar-refractivity contribution >= 4 is 11.8 Å². The molecule has 0 amide bonds. The average Bonchev–Trinajstić information content (AvgIpc) is 1.78. The van der Waals surface area contributed by atoms with Gasteiger partial charge in [-0.3, -0.25) is 0 Å². The van der Waals surface area contributed by atoms with Crippen molar-refractivity contribution in [1.82, 2.24) is 0 Å². The Morgan fingerprint density at radius 1 is 1.56 bits per heavy atom. The molecule has 1 aliphatic rings. The van der Waals surface area contributed by atoms with Crippen LogP contribution < -0.4 is 0 Å². The highest BCUT2D eigenvalue weighted by Crippen LogP contribution is 2.40. The van der Waals surface area contributed by atoms with Crippen LogP contribution in [0.4, 0.5) is 8.78 Å². The van der Waals surface area contributed by atoms with Gasteiger partial charge in [0.1, 0.15) is 0 Å². The summed E-state index contributed by atoms with van der Waals surface area (Å²) < 4.78 is 24.7. The maximum atomic E-state index is 12.3. The first-order chi connectivity index (χ1) is 4.10. The number of hydrogen-bond acceptors (Lipinski definition) is 1. The fraction of sp³-hybridized carbons (Fsp3) is 1.00. The minimum Gasteiger partial charge on any atom is -0.194 e. The first-order valence-corrected chi connectivity index (χ1v) is 4.10. The molecule has 0 nitrogen and oxygen atoms in total. The molecule has 0 N–H and O–H groups in total. The Bertz CT molecular complexity index is 93.2. The van der Waals surface area contributed by atoms with Gasteiger partial charge in [-0.05, 0) is 12.3 Å². The van der Waals surface area contributed by atoms with Crippen molar-refractivity contribution in [3.8, 4) is 0 Å². The van der Waals surface area contributed by atoms with Gasteiger partial charge in [-0.2, -0.15) is 8.78 Å². The fourth-order valence-electron chi connectivity index (χ4n) is 0.834. The molecule has 0 aromatic carbocycles. The lowest BCUT2D eigenvalue weighted by atomic mass is 10.1. The highest BCUT2D eigenvalue weighted by Gasteiger charge is 2.33. The van der Waals surface area contributed by atoms with Crippen molar-refractivity contribution in [3.05, 3.63) is 0 Å². The lowest BCUT2D eigenvalue weighted by Crippen LogP contribution is -2.20. The van der Waals surface area contributed by atoms with E-state index in [-0.39, 0.29) is 6.42 Å². The highest BCUT2D eigenvalue weighted by atomic mass is 32.2. The molecule has 1 heterocycles. The standard InChI is InChI=1S/C6H10F2S/c1-5-2-3-6(7,8)9-4-5/h5H,2-4H2,1H3. The monoisotopic (exact) mass is 152 g/mol. The molecule has 0 aromatic heterocycles. The van der Waals surface area contributed by atoms with Gasteiger partial charge in [0.25, 0.3) is 5.25 Å². The van der Waals surface area contributed by atoms with Crippen molar-refractivity contribution in [2.45, 2.75) is 25.0 Å². The van der Waals surface area contributed by atoms with Crippen LogP contribution in [0.2, 0.25) is 0 Å². The molecule has 1 atom stereocenters. The van der Waals surface area contributed by atoms with Gasteiger partial charge >= 0.3 is 0 Å². The van der Waals surface area contributed by atoms with Gasteiger partial charge in [0.15, 0.2) is 0 Å². The first kappa shape index (κ1) is 7.32. The summed E-state index contributed by atoms with van der Waals surface area (Å²) in [6.07, 6.45) is 0.749. The second kappa shape index (κ2) is 2.45. The van der Waals surface area contributed by atoms with Crippen molar-refractivity contribution in [2.75, 3.05) is 5.75 Å². The van der Waals surface area contributed by atoms with Gasteiger partial charge in [0.05, 0.1) is 0 Å². The Morgan fingerprint density at radius 3 is 2.56 bits per heavy atom. The summed E-state index contributed by atoms with van der Waals surface area (Å²) in [7, 11) is 0. The van der Waals surface area contributed by atoms with E-state index in [1.54, 1.807) is 0 Å². The van der Waals surface area contributed by atoms with E-state index in [4.69, 9.17) is 0 Å². The van der Waals surface area contributed by atoms with Crippen LogP contribution in [-0.2, 0) is 0 Å². The normalized spacial score (nSPS) is 34.3. The number of alkyl halides is 2. The van der Waals surface area contributed by atoms with Crippen LogP contribution >= 0.6 is 11.8 Å². The molecule has 54 valence electrons. The minimum atomic E-state index is -2.42. The third-order valence-corrected chi connectivity index (χ3v) is 2.87. The number of halogens is 2. The summed E-state index contributed by atoms with van der Waals surface area (Å²) in [4.78, 5) is 0. The summed E-state index contributed by atoms with van der Waals surface area (Å²) >= 11 is 0.795. The quantitative estimate of drug-likeness (QED) is 0.514. The fourth-order valence-corrected chi connectivity index (χ4v) is 1.79. The predicted molar refractivity (Wildman–Crippen MR) is 35.8 cm³/mol. The van der Waals surface area contributed by atoms with Gasteiger partial charge in [0.2, 0.25) is 0 Å². The van der Waals surface area contributed by atoms with E-state index in [0.29, 0.717) is 18.1 Å². The zero-order chi connectivity index (χ0) is 6.91. The zero-order valence-electron chi connectivity index (χ0n) is 5.36. The Hall–Kier alpha value is 0.210. The van der Waals surface area contributed by atoms with Crippen LogP contribution in [0.5, 0.6) is 0 Å². The molecule has 3 heteroatoms. The van der Waals surface area contributed by atoms with Crippen molar-refractivity contribution in [1.29, 1.82) is 0 Å². The summed E-state index contributed by atoms with van der Waals surface area (Å²) in [6.45, 7) is 2.02. The van der Waals surface area contributed by atoms with Crippen molar-refractivity contribution in [3.63, 3.8) is 0 Å². The van der Waals surface area contributed by atoms with Crippen LogP contribution in [0.15, 0.2) is 0 Å². The van der Waals surface area contributed by atoms with Gasteiger partial charge < -0.3 is 0 Å². The molecular weight excluding hydrogens is 142 g/mol. The average molecular weight is 152 g/mol. The Kier molecular flexibility index (Phi) is 1.99. The number of rotatable bonds is 0. The predicted octanol–water partition coefficient (Wildman–Crippen LogP) is 2.74. The van der Waals surface area contributed by atoms with Gasteiger partial charge in [-0.15, -0.1) is 0 Å². The SMILES string of the molecule is CC1CCC(F)(F)SC1. The summed E-state index contributed by atoms with van der Waals surface area (Å²) in [6, 6.07) is 0. The van der Waals surface area contributed by atoms with Crippen molar-refractivity contribution < 1.29 is 8.78 Å². The summed E-state index contributed by atoms with van der Waals surface area (Å²) in [5.41, 5.74) is 0. The van der Waals surface area contributed by atoms with E-state index < -0.39 is 5.25 Å². The molecular formula is C6H10F2S. The molecule has 1 fully saturated rings. The van der Waals surface area contributed by atoms with E-state index in [1.807, 2.05) is 6.92 Å². The largest absolute Gasteiger partial charge is 0.293 e. The maximum absolute atomic E-state index is 12.3. The van der Waals surface area contributed by atoms with Crippen LogP contribution in [0, 0.1) is 5.92 Å². The van der Waals surface area contributed by atoms with E-state index in [2.05, 4.69) is 0 Å². The highest BCUT2D eigenvalue weighted by molar-refractivity contribution is 8.00. The molecule has 0 bridgehead atoms. The Labute approximate surface area is 58.0 Å². The molecule has 1 saturated heterocycles. The summed E-state index contributed by atoms with van der Waals surface area (Å²) in [5.74, 6) is 1.10. The lowest BCUT2D eigenvalue weighted by Gasteiger charge is -2.24.